The zero-order valence-electron chi connectivity index (χ0n) is 8.74. The fraction of sp³-hybridized carbons (Fsp3) is 0.0833. The molecule has 0 aliphatic heterocycles. The number of hydrogen-bond acceptors (Lipinski definition) is 3. The summed E-state index contributed by atoms with van der Waals surface area (Å²) >= 11 is 7.52. The van der Waals surface area contributed by atoms with Gasteiger partial charge in [-0.15, -0.1) is 11.3 Å². The average molecular weight is 252 g/mol. The van der Waals surface area contributed by atoms with E-state index in [1.807, 2.05) is 12.1 Å². The van der Waals surface area contributed by atoms with Crippen LogP contribution in [-0.2, 0) is 0 Å². The first-order chi connectivity index (χ1) is 7.74. The molecule has 1 aromatic carbocycles. The molecular formula is C12H10ClNOS. The lowest BCUT2D eigenvalue weighted by Crippen LogP contribution is -1.86. The first-order valence-corrected chi connectivity index (χ1v) is 5.86. The van der Waals surface area contributed by atoms with Crippen LogP contribution in [-0.4, -0.2) is 12.1 Å². The van der Waals surface area contributed by atoms with Gasteiger partial charge in [0, 0.05) is 16.1 Å². The zero-order valence-corrected chi connectivity index (χ0v) is 10.3. The summed E-state index contributed by atoms with van der Waals surface area (Å²) in [5.41, 5.74) is 0.910. The molecule has 4 heteroatoms. The van der Waals surface area contributed by atoms with Crippen LogP contribution in [0.1, 0.15) is 4.88 Å². The van der Waals surface area contributed by atoms with Crippen molar-refractivity contribution < 1.29 is 4.74 Å². The van der Waals surface area contributed by atoms with E-state index in [4.69, 9.17) is 16.3 Å². The van der Waals surface area contributed by atoms with Crippen LogP contribution in [0.5, 0.6) is 5.75 Å². The number of nitrogens with zero attached hydrogens (tertiary/aromatic N) is 1. The van der Waals surface area contributed by atoms with Gasteiger partial charge in [-0.1, -0.05) is 24.3 Å². The summed E-state index contributed by atoms with van der Waals surface area (Å²) in [7, 11) is 1.63. The van der Waals surface area contributed by atoms with E-state index in [0.29, 0.717) is 5.02 Å². The van der Waals surface area contributed by atoms with E-state index in [0.717, 1.165) is 21.2 Å². The maximum Gasteiger partial charge on any atom is 0.129 e. The molecule has 0 aliphatic carbocycles. The maximum absolute atomic E-state index is 5.97. The highest BCUT2D eigenvalue weighted by molar-refractivity contribution is 7.15. The molecule has 1 aromatic heterocycles. The van der Waals surface area contributed by atoms with Crippen molar-refractivity contribution in [3.05, 3.63) is 40.9 Å². The predicted octanol–water partition coefficient (Wildman–Crippen LogP) is 4.12. The number of thiazole rings is 1. The summed E-state index contributed by atoms with van der Waals surface area (Å²) in [5, 5.41) is 1.56. The monoisotopic (exact) mass is 251 g/mol. The largest absolute Gasteiger partial charge is 0.496 e. The Hall–Kier alpha value is -1.32. The van der Waals surface area contributed by atoms with Crippen LogP contribution in [0, 0.1) is 0 Å². The molecule has 0 bridgehead atoms. The van der Waals surface area contributed by atoms with E-state index < -0.39 is 0 Å². The predicted molar refractivity (Wildman–Crippen MR) is 69.2 cm³/mol. The molecule has 0 saturated carbocycles. The Morgan fingerprint density at radius 1 is 1.50 bits per heavy atom. The van der Waals surface area contributed by atoms with Gasteiger partial charge in [0.15, 0.2) is 0 Å². The van der Waals surface area contributed by atoms with Gasteiger partial charge in [-0.05, 0) is 18.2 Å². The van der Waals surface area contributed by atoms with Crippen LogP contribution < -0.4 is 4.74 Å². The van der Waals surface area contributed by atoms with Crippen molar-refractivity contribution in [1.29, 1.82) is 0 Å². The summed E-state index contributed by atoms with van der Waals surface area (Å²) < 4.78 is 5.28. The molecule has 0 radical (unpaired) electrons. The lowest BCUT2D eigenvalue weighted by atomic mass is 10.2. The second kappa shape index (κ2) is 4.68. The van der Waals surface area contributed by atoms with E-state index in [1.54, 1.807) is 36.8 Å². The fourth-order valence-electron chi connectivity index (χ4n) is 1.35. The average Bonchev–Trinajstić information content (AvgIpc) is 2.77. The van der Waals surface area contributed by atoms with E-state index >= 15 is 0 Å². The minimum atomic E-state index is 0.672. The third kappa shape index (κ3) is 2.10. The molecule has 0 unspecified atom stereocenters. The van der Waals surface area contributed by atoms with Crippen molar-refractivity contribution in [1.82, 2.24) is 4.98 Å². The lowest BCUT2D eigenvalue weighted by Gasteiger charge is -2.05. The van der Waals surface area contributed by atoms with Gasteiger partial charge in [0.1, 0.15) is 10.8 Å². The standard InChI is InChI=1S/C12H10ClNOS/c1-3-9-7-14-12(16-9)10-6-8(13)4-5-11(10)15-2/h3-7H,1H2,2H3. The van der Waals surface area contributed by atoms with E-state index in [-0.39, 0.29) is 0 Å². The number of hydrogen-bond donors (Lipinski definition) is 0. The van der Waals surface area contributed by atoms with Crippen LogP contribution in [0.25, 0.3) is 16.6 Å². The molecule has 2 nitrogen and oxygen atoms in total. The van der Waals surface area contributed by atoms with Crippen molar-refractivity contribution >= 4 is 29.0 Å². The number of halogens is 1. The highest BCUT2D eigenvalue weighted by atomic mass is 35.5. The van der Waals surface area contributed by atoms with Crippen molar-refractivity contribution in [2.45, 2.75) is 0 Å². The molecular weight excluding hydrogens is 242 g/mol. The highest BCUT2D eigenvalue weighted by Gasteiger charge is 2.10. The molecule has 0 atom stereocenters. The Kier molecular flexibility index (Phi) is 3.27. The molecule has 0 N–H and O–H groups in total. The molecule has 0 fully saturated rings. The molecule has 0 saturated heterocycles. The number of aromatic nitrogens is 1. The van der Waals surface area contributed by atoms with Gasteiger partial charge in [-0.25, -0.2) is 4.98 Å². The van der Waals surface area contributed by atoms with E-state index in [9.17, 15) is 0 Å². The second-order valence-electron chi connectivity index (χ2n) is 3.12. The number of ether oxygens (including phenoxy) is 1. The fourth-order valence-corrected chi connectivity index (χ4v) is 2.31. The van der Waals surface area contributed by atoms with Gasteiger partial charge in [0.05, 0.1) is 12.7 Å². The van der Waals surface area contributed by atoms with E-state index in [1.165, 1.54) is 0 Å². The van der Waals surface area contributed by atoms with Crippen molar-refractivity contribution in [3.63, 3.8) is 0 Å². The van der Waals surface area contributed by atoms with Gasteiger partial charge in [0.2, 0.25) is 0 Å². The number of rotatable bonds is 3. The smallest absolute Gasteiger partial charge is 0.129 e. The SMILES string of the molecule is C=Cc1cnc(-c2cc(Cl)ccc2OC)s1. The third-order valence-electron chi connectivity index (χ3n) is 2.12. The Labute approximate surface area is 103 Å². The van der Waals surface area contributed by atoms with Gasteiger partial charge < -0.3 is 4.74 Å². The maximum atomic E-state index is 5.97. The number of methoxy groups -OCH3 is 1. The first kappa shape index (κ1) is 11.2. The van der Waals surface area contributed by atoms with Crippen molar-refractivity contribution in [3.8, 4) is 16.3 Å². The third-order valence-corrected chi connectivity index (χ3v) is 3.38. The van der Waals surface area contributed by atoms with Gasteiger partial charge in [-0.3, -0.25) is 0 Å². The molecule has 2 rings (SSSR count). The minimum Gasteiger partial charge on any atom is -0.496 e. The van der Waals surface area contributed by atoms with Crippen LogP contribution in [0.3, 0.4) is 0 Å². The van der Waals surface area contributed by atoms with Gasteiger partial charge in [0.25, 0.3) is 0 Å². The number of benzene rings is 1. The van der Waals surface area contributed by atoms with Crippen molar-refractivity contribution in [2.75, 3.05) is 7.11 Å². The molecule has 0 amide bonds. The Morgan fingerprint density at radius 2 is 2.31 bits per heavy atom. The molecule has 82 valence electrons. The Balaban J connectivity index is 2.53. The van der Waals surface area contributed by atoms with Crippen LogP contribution in [0.2, 0.25) is 5.02 Å². The molecule has 2 aromatic rings. The van der Waals surface area contributed by atoms with Crippen molar-refractivity contribution in [2.24, 2.45) is 0 Å². The Bertz CT molecular complexity index is 521. The molecule has 0 spiro atoms. The summed E-state index contributed by atoms with van der Waals surface area (Å²) in [6.07, 6.45) is 3.56. The Morgan fingerprint density at radius 3 is 2.94 bits per heavy atom. The first-order valence-electron chi connectivity index (χ1n) is 4.67. The zero-order chi connectivity index (χ0) is 11.5. The summed E-state index contributed by atoms with van der Waals surface area (Å²) in [4.78, 5) is 5.34. The lowest BCUT2D eigenvalue weighted by molar-refractivity contribution is 0.416. The van der Waals surface area contributed by atoms with Crippen LogP contribution in [0.15, 0.2) is 31.0 Å². The second-order valence-corrected chi connectivity index (χ2v) is 4.62. The quantitative estimate of drug-likeness (QED) is 0.819. The van der Waals surface area contributed by atoms with Crippen LogP contribution >= 0.6 is 22.9 Å². The van der Waals surface area contributed by atoms with Gasteiger partial charge in [-0.2, -0.15) is 0 Å². The van der Waals surface area contributed by atoms with E-state index in [2.05, 4.69) is 11.6 Å². The molecule has 1 heterocycles. The summed E-state index contributed by atoms with van der Waals surface area (Å²) in [5.74, 6) is 0.773. The summed E-state index contributed by atoms with van der Waals surface area (Å²) in [6, 6.07) is 5.49. The normalized spacial score (nSPS) is 10.1. The van der Waals surface area contributed by atoms with Gasteiger partial charge >= 0.3 is 0 Å². The van der Waals surface area contributed by atoms with Crippen LogP contribution in [0.4, 0.5) is 0 Å². The summed E-state index contributed by atoms with van der Waals surface area (Å²) in [6.45, 7) is 3.71. The highest BCUT2D eigenvalue weighted by Crippen LogP contribution is 2.35. The minimum absolute atomic E-state index is 0.672. The topological polar surface area (TPSA) is 22.1 Å². The molecule has 0 aliphatic rings. The molecule has 16 heavy (non-hydrogen) atoms.